The Hall–Kier alpha value is -3.22. The molecule has 31 heavy (non-hydrogen) atoms. The normalized spacial score (nSPS) is 12.0. The van der Waals surface area contributed by atoms with Crippen molar-refractivity contribution in [2.75, 3.05) is 13.1 Å². The molecule has 162 valence electrons. The van der Waals surface area contributed by atoms with Crippen LogP contribution in [0.1, 0.15) is 41.4 Å². The maximum atomic E-state index is 11.4. The van der Waals surface area contributed by atoms with Crippen molar-refractivity contribution in [1.82, 2.24) is 10.3 Å². The van der Waals surface area contributed by atoms with Crippen LogP contribution in [-0.4, -0.2) is 40.4 Å². The molecule has 0 saturated heterocycles. The third kappa shape index (κ3) is 6.38. The topological polar surface area (TPSA) is 91.7 Å². The summed E-state index contributed by atoms with van der Waals surface area (Å²) >= 11 is 0. The summed E-state index contributed by atoms with van der Waals surface area (Å²) in [6, 6.07) is 17.0. The van der Waals surface area contributed by atoms with E-state index >= 15 is 0 Å². The highest BCUT2D eigenvalue weighted by atomic mass is 16.5. The minimum absolute atomic E-state index is 0.111. The second-order valence-electron chi connectivity index (χ2n) is 7.64. The summed E-state index contributed by atoms with van der Waals surface area (Å²) in [6.45, 7) is 4.96. The van der Waals surface area contributed by atoms with Crippen molar-refractivity contribution in [3.63, 3.8) is 0 Å². The molecule has 6 heteroatoms. The number of hydrogen-bond donors (Lipinski definition) is 3. The number of pyridine rings is 1. The zero-order valence-corrected chi connectivity index (χ0v) is 17.8. The Morgan fingerprint density at radius 3 is 2.48 bits per heavy atom. The van der Waals surface area contributed by atoms with Crippen molar-refractivity contribution in [2.24, 2.45) is 0 Å². The number of carboxylic acids is 1. The van der Waals surface area contributed by atoms with E-state index < -0.39 is 12.1 Å². The molecule has 3 rings (SSSR count). The van der Waals surface area contributed by atoms with Crippen LogP contribution in [0.4, 0.5) is 0 Å². The highest BCUT2D eigenvalue weighted by Crippen LogP contribution is 2.28. The second-order valence-corrected chi connectivity index (χ2v) is 7.64. The van der Waals surface area contributed by atoms with Gasteiger partial charge in [0.25, 0.3) is 0 Å². The molecule has 1 atom stereocenters. The number of aliphatic hydroxyl groups is 1. The van der Waals surface area contributed by atoms with Gasteiger partial charge in [-0.3, -0.25) is 4.98 Å². The van der Waals surface area contributed by atoms with Crippen LogP contribution in [0, 0.1) is 0 Å². The molecule has 0 spiro atoms. The fourth-order valence-corrected chi connectivity index (χ4v) is 3.26. The summed E-state index contributed by atoms with van der Waals surface area (Å²) in [6.07, 6.45) is 3.50. The molecule has 0 bridgehead atoms. The van der Waals surface area contributed by atoms with Gasteiger partial charge in [0, 0.05) is 24.5 Å². The predicted molar refractivity (Wildman–Crippen MR) is 120 cm³/mol. The SMILES string of the molecule is CC(C)Oc1cc(-c2ccc(CCNC[C@@H](O)c3cccnc3)cc2)ccc1C(=O)O. The van der Waals surface area contributed by atoms with E-state index in [0.29, 0.717) is 12.3 Å². The molecule has 3 N–H and O–H groups in total. The standard InChI is InChI=1S/C25H28N2O4/c1-17(2)31-24-14-20(9-10-22(24)25(29)30)19-7-5-18(6-8-19)11-13-27-16-23(28)21-4-3-12-26-15-21/h3-10,12,14-15,17,23,27-28H,11,13,16H2,1-2H3,(H,29,30)/t23-/m1/s1. The van der Waals surface area contributed by atoms with Gasteiger partial charge in [0.05, 0.1) is 12.2 Å². The van der Waals surface area contributed by atoms with Crippen LogP contribution >= 0.6 is 0 Å². The Kier molecular flexibility index (Phi) is 7.76. The molecule has 0 aliphatic rings. The summed E-state index contributed by atoms with van der Waals surface area (Å²) < 4.78 is 5.70. The van der Waals surface area contributed by atoms with Crippen molar-refractivity contribution >= 4 is 5.97 Å². The van der Waals surface area contributed by atoms with Crippen LogP contribution in [0.5, 0.6) is 5.75 Å². The average molecular weight is 421 g/mol. The van der Waals surface area contributed by atoms with Gasteiger partial charge in [-0.1, -0.05) is 36.4 Å². The fraction of sp³-hybridized carbons (Fsp3) is 0.280. The van der Waals surface area contributed by atoms with Crippen LogP contribution in [0.25, 0.3) is 11.1 Å². The van der Waals surface area contributed by atoms with Crippen molar-refractivity contribution in [1.29, 1.82) is 0 Å². The van der Waals surface area contributed by atoms with Crippen LogP contribution in [0.2, 0.25) is 0 Å². The van der Waals surface area contributed by atoms with E-state index in [2.05, 4.69) is 22.4 Å². The smallest absolute Gasteiger partial charge is 0.339 e. The largest absolute Gasteiger partial charge is 0.490 e. The Balaban J connectivity index is 1.58. The number of carboxylic acid groups (broad SMARTS) is 1. The van der Waals surface area contributed by atoms with Crippen LogP contribution < -0.4 is 10.1 Å². The molecule has 0 unspecified atom stereocenters. The Labute approximate surface area is 182 Å². The third-order valence-corrected chi connectivity index (χ3v) is 4.86. The Morgan fingerprint density at radius 2 is 1.84 bits per heavy atom. The number of aromatic carboxylic acids is 1. The van der Waals surface area contributed by atoms with E-state index in [4.69, 9.17) is 4.74 Å². The first-order valence-corrected chi connectivity index (χ1v) is 10.4. The van der Waals surface area contributed by atoms with Crippen LogP contribution in [0.15, 0.2) is 67.0 Å². The molecular formula is C25H28N2O4. The molecule has 6 nitrogen and oxygen atoms in total. The highest BCUT2D eigenvalue weighted by molar-refractivity contribution is 5.92. The first kappa shape index (κ1) is 22.5. The monoisotopic (exact) mass is 420 g/mol. The number of benzene rings is 2. The van der Waals surface area contributed by atoms with Crippen molar-refractivity contribution in [3.05, 3.63) is 83.7 Å². The quantitative estimate of drug-likeness (QED) is 0.428. The maximum absolute atomic E-state index is 11.4. The van der Waals surface area contributed by atoms with Crippen LogP contribution in [0.3, 0.4) is 0 Å². The minimum atomic E-state index is -1.00. The van der Waals surface area contributed by atoms with Crippen LogP contribution in [-0.2, 0) is 6.42 Å². The van der Waals surface area contributed by atoms with Gasteiger partial charge in [0.15, 0.2) is 0 Å². The number of carbonyl (C=O) groups is 1. The van der Waals surface area contributed by atoms with Gasteiger partial charge < -0.3 is 20.3 Å². The van der Waals surface area contributed by atoms with E-state index in [9.17, 15) is 15.0 Å². The van der Waals surface area contributed by atoms with Gasteiger partial charge in [0.1, 0.15) is 11.3 Å². The van der Waals surface area contributed by atoms with Gasteiger partial charge in [0.2, 0.25) is 0 Å². The Bertz CT molecular complexity index is 988. The molecule has 0 saturated carbocycles. The number of aliphatic hydroxyl groups excluding tert-OH is 1. The molecule has 3 aromatic rings. The molecule has 2 aromatic carbocycles. The Morgan fingerprint density at radius 1 is 1.10 bits per heavy atom. The maximum Gasteiger partial charge on any atom is 0.339 e. The van der Waals surface area contributed by atoms with E-state index in [0.717, 1.165) is 29.7 Å². The van der Waals surface area contributed by atoms with E-state index in [1.54, 1.807) is 30.6 Å². The average Bonchev–Trinajstić information content (AvgIpc) is 2.77. The first-order valence-electron chi connectivity index (χ1n) is 10.4. The number of rotatable bonds is 10. The lowest BCUT2D eigenvalue weighted by Crippen LogP contribution is -2.23. The fourth-order valence-electron chi connectivity index (χ4n) is 3.26. The number of aromatic nitrogens is 1. The van der Waals surface area contributed by atoms with Gasteiger partial charge in [-0.2, -0.15) is 0 Å². The molecule has 0 aliphatic carbocycles. The summed E-state index contributed by atoms with van der Waals surface area (Å²) in [5.41, 5.74) is 4.04. The molecule has 1 aromatic heterocycles. The molecule has 0 fully saturated rings. The highest BCUT2D eigenvalue weighted by Gasteiger charge is 2.14. The first-order chi connectivity index (χ1) is 14.9. The second kappa shape index (κ2) is 10.7. The van der Waals surface area contributed by atoms with Crippen molar-refractivity contribution < 1.29 is 19.7 Å². The zero-order chi connectivity index (χ0) is 22.2. The lowest BCUT2D eigenvalue weighted by Gasteiger charge is -2.14. The van der Waals surface area contributed by atoms with Gasteiger partial charge in [-0.25, -0.2) is 4.79 Å². The summed E-state index contributed by atoms with van der Waals surface area (Å²) in [7, 11) is 0. The van der Waals surface area contributed by atoms with E-state index in [-0.39, 0.29) is 11.7 Å². The lowest BCUT2D eigenvalue weighted by molar-refractivity contribution is 0.0690. The number of ether oxygens (including phenoxy) is 1. The molecule has 0 amide bonds. The third-order valence-electron chi connectivity index (χ3n) is 4.86. The summed E-state index contributed by atoms with van der Waals surface area (Å²) in [5.74, 6) is -0.626. The minimum Gasteiger partial charge on any atom is -0.490 e. The van der Waals surface area contributed by atoms with Gasteiger partial charge in [-0.15, -0.1) is 0 Å². The number of nitrogens with zero attached hydrogens (tertiary/aromatic N) is 1. The zero-order valence-electron chi connectivity index (χ0n) is 17.8. The molecule has 0 radical (unpaired) electrons. The summed E-state index contributed by atoms with van der Waals surface area (Å²) in [5, 5.41) is 22.8. The predicted octanol–water partition coefficient (Wildman–Crippen LogP) is 4.10. The van der Waals surface area contributed by atoms with Crippen molar-refractivity contribution in [3.8, 4) is 16.9 Å². The van der Waals surface area contributed by atoms with Crippen molar-refractivity contribution in [2.45, 2.75) is 32.5 Å². The number of nitrogens with one attached hydrogen (secondary N) is 1. The molecule has 0 aliphatic heterocycles. The molecule has 1 heterocycles. The molecular weight excluding hydrogens is 392 g/mol. The lowest BCUT2D eigenvalue weighted by atomic mass is 10.0. The summed E-state index contributed by atoms with van der Waals surface area (Å²) in [4.78, 5) is 15.5. The van der Waals surface area contributed by atoms with Gasteiger partial charge >= 0.3 is 5.97 Å². The van der Waals surface area contributed by atoms with Gasteiger partial charge in [-0.05, 0) is 61.7 Å². The van der Waals surface area contributed by atoms with E-state index in [1.165, 1.54) is 5.56 Å². The number of hydrogen-bond acceptors (Lipinski definition) is 5. The van der Waals surface area contributed by atoms with E-state index in [1.807, 2.05) is 38.1 Å².